The molecule has 0 atom stereocenters. The number of hydrogen-bond acceptors (Lipinski definition) is 3. The lowest BCUT2D eigenvalue weighted by molar-refractivity contribution is 0.112. The topological polar surface area (TPSA) is 47.3 Å². The average molecular weight is 182 g/mol. The van der Waals surface area contributed by atoms with Crippen LogP contribution in [0, 0.1) is 0 Å². The molecular weight excluding hydrogens is 178 g/mol. The van der Waals surface area contributed by atoms with Crippen molar-refractivity contribution in [3.8, 4) is 0 Å². The molecule has 0 fully saturated rings. The third kappa shape index (κ3) is 0.887. The maximum Gasteiger partial charge on any atom is 0.167 e. The zero-order valence-electron chi connectivity index (χ0n) is 5.94. The number of aldehydes is 1. The molecule has 60 valence electrons. The molecule has 4 nitrogen and oxygen atoms in total. The first kappa shape index (κ1) is 7.24. The number of hydrogen-bond donors (Lipinski definition) is 0. The van der Waals surface area contributed by atoms with Crippen molar-refractivity contribution in [2.24, 2.45) is 0 Å². The molecule has 0 bridgehead atoms. The van der Waals surface area contributed by atoms with Crippen LogP contribution in [-0.2, 0) is 0 Å². The smallest absolute Gasteiger partial charge is 0.167 e. The van der Waals surface area contributed by atoms with E-state index in [9.17, 15) is 4.79 Å². The van der Waals surface area contributed by atoms with Crippen LogP contribution in [0.3, 0.4) is 0 Å². The van der Waals surface area contributed by atoms with Gasteiger partial charge in [-0.15, -0.1) is 0 Å². The predicted molar refractivity (Wildman–Crippen MR) is 43.4 cm³/mol. The van der Waals surface area contributed by atoms with Crippen LogP contribution in [0.4, 0.5) is 0 Å². The van der Waals surface area contributed by atoms with E-state index in [1.54, 1.807) is 12.1 Å². The highest BCUT2D eigenvalue weighted by atomic mass is 35.5. The third-order valence-corrected chi connectivity index (χ3v) is 1.82. The van der Waals surface area contributed by atoms with Crippen molar-refractivity contribution >= 4 is 23.5 Å². The highest BCUT2D eigenvalue weighted by Crippen LogP contribution is 2.12. The Morgan fingerprint density at radius 1 is 1.50 bits per heavy atom. The molecular formula is C7H4ClN3O. The fraction of sp³-hybridized carbons (Fsp3) is 0. The summed E-state index contributed by atoms with van der Waals surface area (Å²) in [5.41, 5.74) is 0.967. The van der Waals surface area contributed by atoms with Gasteiger partial charge in [0.15, 0.2) is 11.9 Å². The second-order valence-corrected chi connectivity index (χ2v) is 2.61. The first-order valence-electron chi connectivity index (χ1n) is 3.26. The zero-order valence-corrected chi connectivity index (χ0v) is 6.69. The summed E-state index contributed by atoms with van der Waals surface area (Å²) in [4.78, 5) is 14.4. The largest absolute Gasteiger partial charge is 0.298 e. The number of nitrogens with zero attached hydrogens (tertiary/aromatic N) is 3. The van der Waals surface area contributed by atoms with E-state index in [2.05, 4.69) is 10.1 Å². The molecule has 0 saturated heterocycles. The minimum Gasteiger partial charge on any atom is -0.298 e. The number of fused-ring (bicyclic) bond motifs is 1. The van der Waals surface area contributed by atoms with Crippen molar-refractivity contribution in [3.05, 3.63) is 29.2 Å². The van der Waals surface area contributed by atoms with Crippen LogP contribution in [0.1, 0.15) is 10.4 Å². The van der Waals surface area contributed by atoms with Crippen molar-refractivity contribution in [2.75, 3.05) is 0 Å². The van der Waals surface area contributed by atoms with Crippen LogP contribution in [0.2, 0.25) is 5.15 Å². The van der Waals surface area contributed by atoms with Gasteiger partial charge in [-0.05, 0) is 12.1 Å². The molecule has 2 aromatic rings. The monoisotopic (exact) mass is 181 g/mol. The van der Waals surface area contributed by atoms with Gasteiger partial charge in [-0.2, -0.15) is 5.10 Å². The standard InChI is InChI=1S/C7H4ClN3O/c8-6-2-1-5(3-12)7-9-4-10-11(6)7/h1-4H. The van der Waals surface area contributed by atoms with E-state index in [4.69, 9.17) is 11.6 Å². The van der Waals surface area contributed by atoms with Crippen LogP contribution in [0.5, 0.6) is 0 Å². The predicted octanol–water partition coefficient (Wildman–Crippen LogP) is 1.20. The summed E-state index contributed by atoms with van der Waals surface area (Å²) in [5.74, 6) is 0. The van der Waals surface area contributed by atoms with Crippen molar-refractivity contribution in [1.29, 1.82) is 0 Å². The number of carbonyl (C=O) groups is 1. The van der Waals surface area contributed by atoms with Gasteiger partial charge in [0.2, 0.25) is 0 Å². The Balaban J connectivity index is 2.91. The molecule has 0 saturated carbocycles. The first-order chi connectivity index (χ1) is 5.83. The van der Waals surface area contributed by atoms with E-state index in [0.29, 0.717) is 16.4 Å². The van der Waals surface area contributed by atoms with E-state index in [1.807, 2.05) is 0 Å². The second kappa shape index (κ2) is 2.57. The zero-order chi connectivity index (χ0) is 8.55. The molecule has 12 heavy (non-hydrogen) atoms. The van der Waals surface area contributed by atoms with Crippen molar-refractivity contribution in [3.63, 3.8) is 0 Å². The minimum absolute atomic E-state index is 0.438. The Morgan fingerprint density at radius 3 is 3.08 bits per heavy atom. The highest BCUT2D eigenvalue weighted by molar-refractivity contribution is 6.29. The van der Waals surface area contributed by atoms with Crippen LogP contribution >= 0.6 is 11.6 Å². The number of rotatable bonds is 1. The molecule has 2 aromatic heterocycles. The number of aromatic nitrogens is 3. The van der Waals surface area contributed by atoms with Gasteiger partial charge in [0, 0.05) is 0 Å². The fourth-order valence-corrected chi connectivity index (χ4v) is 1.18. The van der Waals surface area contributed by atoms with Crippen LogP contribution < -0.4 is 0 Å². The molecule has 2 heterocycles. The lowest BCUT2D eigenvalue weighted by Gasteiger charge is -1.96. The molecule has 0 aromatic carbocycles. The second-order valence-electron chi connectivity index (χ2n) is 2.22. The molecule has 5 heteroatoms. The Morgan fingerprint density at radius 2 is 2.33 bits per heavy atom. The maximum absolute atomic E-state index is 10.5. The van der Waals surface area contributed by atoms with Crippen molar-refractivity contribution in [1.82, 2.24) is 14.6 Å². The van der Waals surface area contributed by atoms with Crippen LogP contribution in [0.15, 0.2) is 18.5 Å². The first-order valence-corrected chi connectivity index (χ1v) is 3.64. The van der Waals surface area contributed by atoms with E-state index < -0.39 is 0 Å². The van der Waals surface area contributed by atoms with Crippen LogP contribution in [0.25, 0.3) is 5.65 Å². The van der Waals surface area contributed by atoms with Gasteiger partial charge in [0.05, 0.1) is 5.56 Å². The Labute approximate surface area is 72.8 Å². The molecule has 2 rings (SSSR count). The molecule has 0 aliphatic heterocycles. The fourth-order valence-electron chi connectivity index (χ4n) is 0.990. The Kier molecular flexibility index (Phi) is 1.55. The quantitative estimate of drug-likeness (QED) is 0.491. The highest BCUT2D eigenvalue weighted by Gasteiger charge is 2.04. The van der Waals surface area contributed by atoms with E-state index in [0.717, 1.165) is 6.29 Å². The van der Waals surface area contributed by atoms with Gasteiger partial charge < -0.3 is 0 Å². The summed E-state index contributed by atoms with van der Waals surface area (Å²) in [5, 5.41) is 4.28. The van der Waals surface area contributed by atoms with Gasteiger partial charge in [-0.25, -0.2) is 9.50 Å². The van der Waals surface area contributed by atoms with Crippen molar-refractivity contribution < 1.29 is 4.79 Å². The molecule has 0 amide bonds. The third-order valence-electron chi connectivity index (χ3n) is 1.54. The van der Waals surface area contributed by atoms with Gasteiger partial charge in [-0.3, -0.25) is 4.79 Å². The van der Waals surface area contributed by atoms with E-state index in [-0.39, 0.29) is 0 Å². The Bertz CT molecular complexity index is 437. The summed E-state index contributed by atoms with van der Waals surface area (Å²) in [7, 11) is 0. The Hall–Kier alpha value is -1.42. The minimum atomic E-state index is 0.438. The molecule has 0 radical (unpaired) electrons. The summed E-state index contributed by atoms with van der Waals surface area (Å²) in [6.45, 7) is 0. The van der Waals surface area contributed by atoms with Crippen molar-refractivity contribution in [2.45, 2.75) is 0 Å². The lowest BCUT2D eigenvalue weighted by Crippen LogP contribution is -1.93. The maximum atomic E-state index is 10.5. The van der Waals surface area contributed by atoms with Gasteiger partial charge in [0.1, 0.15) is 11.5 Å². The summed E-state index contributed by atoms with van der Waals surface area (Å²) >= 11 is 5.77. The summed E-state index contributed by atoms with van der Waals surface area (Å²) in [6, 6.07) is 3.21. The number of halogens is 1. The normalized spacial score (nSPS) is 10.4. The SMILES string of the molecule is O=Cc1ccc(Cl)n2ncnc12. The summed E-state index contributed by atoms with van der Waals surface area (Å²) in [6.07, 6.45) is 2.08. The van der Waals surface area contributed by atoms with Gasteiger partial charge in [0.25, 0.3) is 0 Å². The molecule has 0 spiro atoms. The molecule has 0 aliphatic rings. The van der Waals surface area contributed by atoms with Gasteiger partial charge >= 0.3 is 0 Å². The van der Waals surface area contributed by atoms with E-state index in [1.165, 1.54) is 10.8 Å². The van der Waals surface area contributed by atoms with Crippen LogP contribution in [-0.4, -0.2) is 20.9 Å². The summed E-state index contributed by atoms with van der Waals surface area (Å²) < 4.78 is 1.41. The lowest BCUT2D eigenvalue weighted by atomic mass is 10.3. The molecule has 0 unspecified atom stereocenters. The number of carbonyl (C=O) groups excluding carboxylic acids is 1. The molecule has 0 aliphatic carbocycles. The number of pyridine rings is 1. The van der Waals surface area contributed by atoms with Gasteiger partial charge in [-0.1, -0.05) is 11.6 Å². The average Bonchev–Trinajstić information content (AvgIpc) is 2.54. The van der Waals surface area contributed by atoms with E-state index >= 15 is 0 Å². The molecule has 0 N–H and O–H groups in total.